The van der Waals surface area contributed by atoms with Crippen molar-refractivity contribution in [2.75, 3.05) is 13.7 Å². The number of aromatic amines is 1. The number of carbonyl (C=O) groups excluding carboxylic acids is 2. The summed E-state index contributed by atoms with van der Waals surface area (Å²) < 4.78 is 24.2. The smallest absolute Gasteiger partial charge is 0.341 e. The van der Waals surface area contributed by atoms with E-state index >= 15 is 0 Å². The zero-order valence-corrected chi connectivity index (χ0v) is 15.7. The molecule has 0 aliphatic rings. The Balaban J connectivity index is 2.05. The lowest BCUT2D eigenvalue weighted by Crippen LogP contribution is -2.07. The molecule has 1 N–H and O–H groups in total. The van der Waals surface area contributed by atoms with Gasteiger partial charge >= 0.3 is 5.97 Å². The van der Waals surface area contributed by atoms with Crippen LogP contribution >= 0.6 is 0 Å². The quantitative estimate of drug-likeness (QED) is 0.509. The van der Waals surface area contributed by atoms with Gasteiger partial charge in [-0.05, 0) is 49.8 Å². The predicted octanol–water partition coefficient (Wildman–Crippen LogP) is 4.26. The van der Waals surface area contributed by atoms with Crippen molar-refractivity contribution < 1.29 is 23.5 Å². The number of Topliss-reactive ketones (excluding diaryl/α,β-unsaturated/α-hetero) is 1. The maximum Gasteiger partial charge on any atom is 0.341 e. The van der Waals surface area contributed by atoms with Crippen LogP contribution in [0.25, 0.3) is 23.1 Å². The number of carbonyl (C=O) groups is 2. The molecule has 1 aromatic heterocycles. The first-order valence-electron chi connectivity index (χ1n) is 8.67. The average molecular weight is 382 g/mol. The molecule has 2 aromatic carbocycles. The van der Waals surface area contributed by atoms with E-state index in [1.54, 1.807) is 37.3 Å². The molecule has 0 saturated heterocycles. The number of ketones is 1. The Bertz CT molecular complexity index is 1090. The van der Waals surface area contributed by atoms with E-state index in [1.165, 1.54) is 26.2 Å². The van der Waals surface area contributed by atoms with E-state index < -0.39 is 11.8 Å². The van der Waals surface area contributed by atoms with Gasteiger partial charge in [0.1, 0.15) is 17.1 Å². The molecule has 0 unspecified atom stereocenters. The lowest BCUT2D eigenvalue weighted by Gasteiger charge is -2.09. The maximum absolute atomic E-state index is 13.7. The number of hydrogen-bond donors (Lipinski definition) is 1. The molecule has 0 spiro atoms. The summed E-state index contributed by atoms with van der Waals surface area (Å²) in [4.78, 5) is 23.7. The van der Waals surface area contributed by atoms with E-state index in [2.05, 4.69) is 10.2 Å². The Morgan fingerprint density at radius 1 is 1.18 bits per heavy atom. The number of aromatic nitrogens is 2. The van der Waals surface area contributed by atoms with Crippen LogP contribution in [0.5, 0.6) is 5.75 Å². The number of ether oxygens (including phenoxy) is 2. The van der Waals surface area contributed by atoms with Crippen LogP contribution in [0, 0.1) is 5.82 Å². The molecule has 3 rings (SSSR count). The number of fused-ring (bicyclic) bond motifs is 1. The number of esters is 1. The monoisotopic (exact) mass is 382 g/mol. The van der Waals surface area contributed by atoms with Crippen LogP contribution in [0.1, 0.15) is 45.8 Å². The highest BCUT2D eigenvalue weighted by Crippen LogP contribution is 2.32. The van der Waals surface area contributed by atoms with Crippen LogP contribution in [-0.2, 0) is 4.74 Å². The summed E-state index contributed by atoms with van der Waals surface area (Å²) in [5.74, 6) is -1.04. The molecule has 6 nitrogen and oxygen atoms in total. The third-order valence-electron chi connectivity index (χ3n) is 4.21. The summed E-state index contributed by atoms with van der Waals surface area (Å²) in [7, 11) is 1.47. The molecule has 0 aliphatic carbocycles. The van der Waals surface area contributed by atoms with Gasteiger partial charge in [-0.3, -0.25) is 9.89 Å². The summed E-state index contributed by atoms with van der Waals surface area (Å²) >= 11 is 0. The number of nitrogens with zero attached hydrogens (tertiary/aromatic N) is 1. The molecule has 7 heteroatoms. The second-order valence-corrected chi connectivity index (χ2v) is 6.03. The van der Waals surface area contributed by atoms with E-state index in [9.17, 15) is 14.0 Å². The topological polar surface area (TPSA) is 81.3 Å². The minimum absolute atomic E-state index is 0.0243. The number of benzene rings is 2. The molecule has 0 bridgehead atoms. The van der Waals surface area contributed by atoms with Crippen molar-refractivity contribution in [3.8, 4) is 5.75 Å². The first-order chi connectivity index (χ1) is 13.5. The molecule has 144 valence electrons. The number of methoxy groups -OCH3 is 1. The molecule has 1 heterocycles. The molecule has 0 saturated carbocycles. The first kappa shape index (κ1) is 19.3. The Hall–Kier alpha value is -3.48. The van der Waals surface area contributed by atoms with Crippen LogP contribution in [0.3, 0.4) is 0 Å². The molecule has 0 aliphatic heterocycles. The summed E-state index contributed by atoms with van der Waals surface area (Å²) in [6.07, 6.45) is 3.41. The number of hydrogen-bond acceptors (Lipinski definition) is 5. The van der Waals surface area contributed by atoms with Gasteiger partial charge in [0.2, 0.25) is 0 Å². The van der Waals surface area contributed by atoms with Gasteiger partial charge in [-0.15, -0.1) is 0 Å². The fraction of sp³-hybridized carbons (Fsp3) is 0.190. The number of H-pyrrole nitrogens is 1. The molecular weight excluding hydrogens is 363 g/mol. The highest BCUT2D eigenvalue weighted by molar-refractivity contribution is 6.03. The first-order valence-corrected chi connectivity index (χ1v) is 8.67. The standard InChI is InChI=1S/C21H19FN2O4/c1-4-28-21(26)14-7-10-18-19(20(14)27-3)17(23-24-18)9-6-13-5-8-16(22)15(11-13)12(2)25/h5-11H,4H2,1-3H3,(H,23,24)/b9-6+. The fourth-order valence-electron chi connectivity index (χ4n) is 2.90. The second kappa shape index (κ2) is 8.04. The van der Waals surface area contributed by atoms with Crippen molar-refractivity contribution in [3.63, 3.8) is 0 Å². The average Bonchev–Trinajstić information content (AvgIpc) is 3.09. The van der Waals surface area contributed by atoms with Crippen LogP contribution < -0.4 is 4.74 Å². The molecule has 0 atom stereocenters. The van der Waals surface area contributed by atoms with Crippen molar-refractivity contribution in [2.24, 2.45) is 0 Å². The Morgan fingerprint density at radius 2 is 1.96 bits per heavy atom. The Morgan fingerprint density at radius 3 is 2.64 bits per heavy atom. The zero-order valence-electron chi connectivity index (χ0n) is 15.7. The third kappa shape index (κ3) is 3.64. The fourth-order valence-corrected chi connectivity index (χ4v) is 2.90. The van der Waals surface area contributed by atoms with E-state index in [4.69, 9.17) is 9.47 Å². The largest absolute Gasteiger partial charge is 0.495 e. The maximum atomic E-state index is 13.7. The van der Waals surface area contributed by atoms with Crippen LogP contribution in [0.15, 0.2) is 30.3 Å². The van der Waals surface area contributed by atoms with Crippen LogP contribution in [0.2, 0.25) is 0 Å². The normalized spacial score (nSPS) is 11.1. The van der Waals surface area contributed by atoms with Gasteiger partial charge < -0.3 is 9.47 Å². The third-order valence-corrected chi connectivity index (χ3v) is 4.21. The molecule has 0 fully saturated rings. The predicted molar refractivity (Wildman–Crippen MR) is 104 cm³/mol. The SMILES string of the molecule is CCOC(=O)c1ccc2[nH]nc(/C=C/c3ccc(F)c(C(C)=O)c3)c2c1OC. The van der Waals surface area contributed by atoms with Gasteiger partial charge in [0.05, 0.1) is 35.9 Å². The minimum atomic E-state index is -0.560. The van der Waals surface area contributed by atoms with Crippen molar-refractivity contribution >= 4 is 34.8 Å². The zero-order chi connectivity index (χ0) is 20.3. The lowest BCUT2D eigenvalue weighted by molar-refractivity contribution is 0.0523. The Labute approximate surface area is 161 Å². The number of halogens is 1. The van der Waals surface area contributed by atoms with Gasteiger partial charge in [0.15, 0.2) is 5.78 Å². The van der Waals surface area contributed by atoms with E-state index in [0.717, 1.165) is 0 Å². The Kier molecular flexibility index (Phi) is 5.54. The van der Waals surface area contributed by atoms with Gasteiger partial charge in [0, 0.05) is 0 Å². The molecule has 3 aromatic rings. The highest BCUT2D eigenvalue weighted by Gasteiger charge is 2.19. The lowest BCUT2D eigenvalue weighted by atomic mass is 10.1. The molecular formula is C21H19FN2O4. The van der Waals surface area contributed by atoms with Crippen LogP contribution in [0.4, 0.5) is 4.39 Å². The molecule has 28 heavy (non-hydrogen) atoms. The summed E-state index contributed by atoms with van der Waals surface area (Å²) in [5.41, 5.74) is 2.19. The van der Waals surface area contributed by atoms with Crippen molar-refractivity contribution in [2.45, 2.75) is 13.8 Å². The van der Waals surface area contributed by atoms with Gasteiger partial charge in [0.25, 0.3) is 0 Å². The second-order valence-electron chi connectivity index (χ2n) is 6.03. The van der Waals surface area contributed by atoms with E-state index in [-0.39, 0.29) is 18.0 Å². The summed E-state index contributed by atoms with van der Waals surface area (Å²) in [5, 5.41) is 7.77. The number of nitrogens with one attached hydrogen (secondary N) is 1. The van der Waals surface area contributed by atoms with Gasteiger partial charge in [-0.1, -0.05) is 12.1 Å². The van der Waals surface area contributed by atoms with Crippen molar-refractivity contribution in [3.05, 3.63) is 58.5 Å². The highest BCUT2D eigenvalue weighted by atomic mass is 19.1. The van der Waals surface area contributed by atoms with Crippen molar-refractivity contribution in [1.29, 1.82) is 0 Å². The van der Waals surface area contributed by atoms with E-state index in [0.29, 0.717) is 33.5 Å². The van der Waals surface area contributed by atoms with Crippen molar-refractivity contribution in [1.82, 2.24) is 10.2 Å². The van der Waals surface area contributed by atoms with Gasteiger partial charge in [-0.2, -0.15) is 5.10 Å². The molecule has 0 amide bonds. The minimum Gasteiger partial charge on any atom is -0.495 e. The summed E-state index contributed by atoms with van der Waals surface area (Å²) in [6.45, 7) is 3.29. The van der Waals surface area contributed by atoms with Gasteiger partial charge in [-0.25, -0.2) is 9.18 Å². The van der Waals surface area contributed by atoms with Crippen LogP contribution in [-0.4, -0.2) is 35.7 Å². The number of rotatable bonds is 6. The van der Waals surface area contributed by atoms with E-state index in [1.807, 2.05) is 0 Å². The molecule has 0 radical (unpaired) electrons. The summed E-state index contributed by atoms with van der Waals surface area (Å²) in [6, 6.07) is 7.63.